The molecule has 28 heavy (non-hydrogen) atoms. The smallest absolute Gasteiger partial charge is 0.324 e. The Morgan fingerprint density at radius 2 is 1.93 bits per heavy atom. The molecule has 0 radical (unpaired) electrons. The van der Waals surface area contributed by atoms with Gasteiger partial charge in [0.05, 0.1) is 39.4 Å². The van der Waals surface area contributed by atoms with Crippen molar-refractivity contribution in [1.29, 1.82) is 0 Å². The number of nitrogens with one attached hydrogen (secondary N) is 1. The van der Waals surface area contributed by atoms with Gasteiger partial charge in [-0.3, -0.25) is 4.68 Å². The molecule has 144 valence electrons. The van der Waals surface area contributed by atoms with Crippen LogP contribution < -0.4 is 4.72 Å². The number of alkyl halides is 3. The van der Waals surface area contributed by atoms with E-state index in [0.29, 0.717) is 21.5 Å². The second-order valence-electron chi connectivity index (χ2n) is 5.85. The quantitative estimate of drug-likeness (QED) is 0.400. The van der Waals surface area contributed by atoms with E-state index in [1.165, 1.54) is 35.1 Å². The van der Waals surface area contributed by atoms with Crippen molar-refractivity contribution in [1.82, 2.24) is 24.5 Å². The summed E-state index contributed by atoms with van der Waals surface area (Å²) >= 11 is 1.18. The minimum Gasteiger partial charge on any atom is -0.324 e. The van der Waals surface area contributed by atoms with Crippen LogP contribution in [0.1, 0.15) is 5.56 Å². The molecule has 0 fully saturated rings. The Labute approximate surface area is 160 Å². The number of nitrogens with zero attached hydrogens (tertiary/aromatic N) is 5. The zero-order valence-corrected chi connectivity index (χ0v) is 15.1. The van der Waals surface area contributed by atoms with Crippen LogP contribution in [0.3, 0.4) is 0 Å². The Kier molecular flexibility index (Phi) is 4.46. The van der Waals surface area contributed by atoms with E-state index in [0.717, 1.165) is 18.3 Å². The monoisotopic (exact) mass is 408 g/mol. The highest BCUT2D eigenvalue weighted by Gasteiger charge is 2.30. The van der Waals surface area contributed by atoms with Gasteiger partial charge in [0.2, 0.25) is 0 Å². The molecule has 6 nitrogen and oxygen atoms in total. The first-order chi connectivity index (χ1) is 13.3. The lowest BCUT2D eigenvalue weighted by Crippen LogP contribution is -2.07. The van der Waals surface area contributed by atoms with Gasteiger partial charge in [-0.25, -0.2) is 14.1 Å². The van der Waals surface area contributed by atoms with Crippen molar-refractivity contribution in [3.05, 3.63) is 60.4 Å². The summed E-state index contributed by atoms with van der Waals surface area (Å²) in [7, 11) is 1.70. The van der Waals surface area contributed by atoms with E-state index in [2.05, 4.69) is 19.9 Å². The molecule has 3 aromatic heterocycles. The second kappa shape index (κ2) is 6.82. The molecule has 11 heteroatoms. The largest absolute Gasteiger partial charge is 0.416 e. The summed E-state index contributed by atoms with van der Waals surface area (Å²) in [6.07, 6.45) is 1.11. The highest BCUT2D eigenvalue weighted by molar-refractivity contribution is 8.00. The summed E-state index contributed by atoms with van der Waals surface area (Å²) in [5.41, 5.74) is 0.441. The maximum atomic E-state index is 13.9. The lowest BCUT2D eigenvalue weighted by Gasteiger charge is -2.08. The van der Waals surface area contributed by atoms with E-state index in [4.69, 9.17) is 0 Å². The molecule has 0 saturated carbocycles. The van der Waals surface area contributed by atoms with Gasteiger partial charge in [-0.2, -0.15) is 23.4 Å². The number of fused-ring (bicyclic) bond motifs is 1. The third-order valence-electron chi connectivity index (χ3n) is 3.99. The molecule has 0 aliphatic heterocycles. The first kappa shape index (κ1) is 18.3. The topological polar surface area (TPSA) is 60.6 Å². The van der Waals surface area contributed by atoms with Gasteiger partial charge in [-0.15, -0.1) is 0 Å². The number of hydrogen-bond acceptors (Lipinski definition) is 5. The average Bonchev–Trinajstić information content (AvgIpc) is 3.29. The molecule has 1 aromatic carbocycles. The average molecular weight is 408 g/mol. The molecule has 0 aliphatic carbocycles. The molecule has 0 bridgehead atoms. The number of pyridine rings is 1. The van der Waals surface area contributed by atoms with Gasteiger partial charge in [0.25, 0.3) is 0 Å². The minimum atomic E-state index is -4.46. The standard InChI is InChI=1S/C17H12F4N6S/c1-26-16-12(8-23-26)13(18)2-3-14(16)25-28-11-7-24-27(9-11)15-6-10(4-5-22-15)17(19,20)21/h2-9,25H,1H3. The van der Waals surface area contributed by atoms with Crippen LogP contribution in [0, 0.1) is 5.82 Å². The Morgan fingerprint density at radius 3 is 2.71 bits per heavy atom. The number of halogens is 4. The fourth-order valence-corrected chi connectivity index (χ4v) is 3.30. The van der Waals surface area contributed by atoms with Crippen LogP contribution in [0.25, 0.3) is 16.7 Å². The fourth-order valence-electron chi connectivity index (χ4n) is 2.66. The molecular formula is C17H12F4N6S. The first-order valence-corrected chi connectivity index (χ1v) is 8.76. The summed E-state index contributed by atoms with van der Waals surface area (Å²) in [5.74, 6) is -0.320. The lowest BCUT2D eigenvalue weighted by molar-refractivity contribution is -0.137. The maximum absolute atomic E-state index is 13.9. The molecule has 0 spiro atoms. The number of benzene rings is 1. The maximum Gasteiger partial charge on any atom is 0.416 e. The molecule has 4 rings (SSSR count). The molecule has 1 N–H and O–H groups in total. The van der Waals surface area contributed by atoms with Gasteiger partial charge in [0.15, 0.2) is 5.82 Å². The van der Waals surface area contributed by atoms with Gasteiger partial charge in [-0.1, -0.05) is 0 Å². The highest BCUT2D eigenvalue weighted by Crippen LogP contribution is 2.31. The van der Waals surface area contributed by atoms with Crippen LogP contribution >= 0.6 is 11.9 Å². The Morgan fingerprint density at radius 1 is 1.11 bits per heavy atom. The first-order valence-electron chi connectivity index (χ1n) is 7.94. The predicted octanol–water partition coefficient (Wildman–Crippen LogP) is 4.43. The molecule has 0 atom stereocenters. The molecule has 3 heterocycles. The normalized spacial score (nSPS) is 11.9. The van der Waals surface area contributed by atoms with E-state index < -0.39 is 11.7 Å². The van der Waals surface area contributed by atoms with E-state index >= 15 is 0 Å². The Balaban J connectivity index is 1.55. The van der Waals surface area contributed by atoms with Crippen LogP contribution in [0.5, 0.6) is 0 Å². The van der Waals surface area contributed by atoms with Crippen molar-refractivity contribution in [3.63, 3.8) is 0 Å². The number of aromatic nitrogens is 5. The number of rotatable bonds is 4. The van der Waals surface area contributed by atoms with Crippen LogP contribution in [0.15, 0.2) is 53.9 Å². The molecule has 0 amide bonds. The van der Waals surface area contributed by atoms with E-state index in [1.54, 1.807) is 24.0 Å². The van der Waals surface area contributed by atoms with Gasteiger partial charge < -0.3 is 4.72 Å². The second-order valence-corrected chi connectivity index (χ2v) is 6.73. The van der Waals surface area contributed by atoms with Crippen molar-refractivity contribution in [2.24, 2.45) is 7.05 Å². The number of anilines is 1. The SMILES string of the molecule is Cn1ncc2c(F)ccc(NSc3cnn(-c4cc(C(F)(F)F)ccn4)c3)c21. The third-order valence-corrected chi connectivity index (χ3v) is 4.76. The van der Waals surface area contributed by atoms with E-state index in [-0.39, 0.29) is 11.6 Å². The van der Waals surface area contributed by atoms with Gasteiger partial charge in [-0.05, 0) is 36.2 Å². The van der Waals surface area contributed by atoms with Gasteiger partial charge >= 0.3 is 6.18 Å². The molecule has 4 aromatic rings. The third kappa shape index (κ3) is 3.40. The Hall–Kier alpha value is -3.08. The zero-order chi connectivity index (χ0) is 19.9. The summed E-state index contributed by atoms with van der Waals surface area (Å²) in [4.78, 5) is 4.57. The molecular weight excluding hydrogens is 396 g/mol. The summed E-state index contributed by atoms with van der Waals surface area (Å²) in [5, 5.41) is 8.50. The van der Waals surface area contributed by atoms with Crippen LogP contribution in [0.4, 0.5) is 23.2 Å². The highest BCUT2D eigenvalue weighted by atomic mass is 32.2. The van der Waals surface area contributed by atoms with Gasteiger partial charge in [0, 0.05) is 19.4 Å². The Bertz CT molecular complexity index is 1150. The van der Waals surface area contributed by atoms with Crippen molar-refractivity contribution in [3.8, 4) is 5.82 Å². The van der Waals surface area contributed by atoms with E-state index in [1.807, 2.05) is 0 Å². The van der Waals surface area contributed by atoms with Crippen molar-refractivity contribution >= 4 is 28.5 Å². The lowest BCUT2D eigenvalue weighted by atomic mass is 10.2. The number of aryl methyl sites for hydroxylation is 1. The molecule has 0 unspecified atom stereocenters. The van der Waals surface area contributed by atoms with Crippen LogP contribution in [-0.2, 0) is 13.2 Å². The van der Waals surface area contributed by atoms with Gasteiger partial charge in [0.1, 0.15) is 5.82 Å². The van der Waals surface area contributed by atoms with Crippen LogP contribution in [0.2, 0.25) is 0 Å². The summed E-state index contributed by atoms with van der Waals surface area (Å²) < 4.78 is 58.3. The fraction of sp³-hybridized carbons (Fsp3) is 0.118. The summed E-state index contributed by atoms with van der Waals surface area (Å²) in [6, 6.07) is 4.75. The van der Waals surface area contributed by atoms with Crippen molar-refractivity contribution in [2.45, 2.75) is 11.1 Å². The van der Waals surface area contributed by atoms with E-state index in [9.17, 15) is 17.6 Å². The number of hydrogen-bond donors (Lipinski definition) is 1. The zero-order valence-electron chi connectivity index (χ0n) is 14.3. The van der Waals surface area contributed by atoms with Crippen molar-refractivity contribution in [2.75, 3.05) is 4.72 Å². The van der Waals surface area contributed by atoms with Crippen molar-refractivity contribution < 1.29 is 17.6 Å². The van der Waals surface area contributed by atoms with Crippen LogP contribution in [-0.4, -0.2) is 24.5 Å². The molecule has 0 saturated heterocycles. The predicted molar refractivity (Wildman–Crippen MR) is 96.5 cm³/mol. The minimum absolute atomic E-state index is 0.0532. The summed E-state index contributed by atoms with van der Waals surface area (Å²) in [6.45, 7) is 0. The molecule has 0 aliphatic rings.